The van der Waals surface area contributed by atoms with Crippen LogP contribution in [0, 0.1) is 0 Å². The van der Waals surface area contributed by atoms with E-state index in [4.69, 9.17) is 4.74 Å². The van der Waals surface area contributed by atoms with Gasteiger partial charge in [-0.1, -0.05) is 26.2 Å². The Labute approximate surface area is 101 Å². The van der Waals surface area contributed by atoms with E-state index in [0.717, 1.165) is 18.5 Å². The SMILES string of the molecule is CCCCCCC1CN(c2cn[nH]c2)C(=O)O1. The Morgan fingerprint density at radius 1 is 1.53 bits per heavy atom. The normalized spacial score (nSPS) is 19.7. The van der Waals surface area contributed by atoms with Crippen molar-refractivity contribution < 1.29 is 9.53 Å². The van der Waals surface area contributed by atoms with E-state index in [9.17, 15) is 4.79 Å². The van der Waals surface area contributed by atoms with Gasteiger partial charge in [-0.15, -0.1) is 0 Å². The minimum Gasteiger partial charge on any atom is -0.444 e. The van der Waals surface area contributed by atoms with E-state index in [1.807, 2.05) is 0 Å². The van der Waals surface area contributed by atoms with Crippen LogP contribution in [0.3, 0.4) is 0 Å². The van der Waals surface area contributed by atoms with Crippen molar-refractivity contribution in [2.24, 2.45) is 0 Å². The fourth-order valence-corrected chi connectivity index (χ4v) is 2.07. The molecule has 0 saturated carbocycles. The van der Waals surface area contributed by atoms with Crippen molar-refractivity contribution in [1.82, 2.24) is 10.2 Å². The van der Waals surface area contributed by atoms with Crippen LogP contribution in [0.1, 0.15) is 39.0 Å². The van der Waals surface area contributed by atoms with E-state index in [0.29, 0.717) is 6.54 Å². The molecule has 1 unspecified atom stereocenters. The highest BCUT2D eigenvalue weighted by atomic mass is 16.6. The van der Waals surface area contributed by atoms with Crippen LogP contribution >= 0.6 is 0 Å². The molecule has 1 atom stereocenters. The number of carbonyl (C=O) groups excluding carboxylic acids is 1. The molecule has 1 fully saturated rings. The number of rotatable bonds is 6. The number of aromatic amines is 1. The molecule has 0 bridgehead atoms. The van der Waals surface area contributed by atoms with Gasteiger partial charge in [0.15, 0.2) is 0 Å². The summed E-state index contributed by atoms with van der Waals surface area (Å²) in [4.78, 5) is 13.3. The lowest BCUT2D eigenvalue weighted by atomic mass is 10.1. The molecule has 1 aliphatic heterocycles. The number of hydrogen-bond acceptors (Lipinski definition) is 3. The van der Waals surface area contributed by atoms with Crippen LogP contribution < -0.4 is 4.90 Å². The van der Waals surface area contributed by atoms with Crippen LogP contribution in [0.15, 0.2) is 12.4 Å². The second-order valence-electron chi connectivity index (χ2n) is 4.42. The first kappa shape index (κ1) is 12.0. The number of carbonyl (C=O) groups is 1. The molecule has 2 heterocycles. The van der Waals surface area contributed by atoms with E-state index in [1.54, 1.807) is 17.3 Å². The summed E-state index contributed by atoms with van der Waals surface area (Å²) < 4.78 is 5.32. The third kappa shape index (κ3) is 2.99. The second kappa shape index (κ2) is 5.70. The van der Waals surface area contributed by atoms with Crippen molar-refractivity contribution >= 4 is 11.8 Å². The van der Waals surface area contributed by atoms with Gasteiger partial charge in [0, 0.05) is 6.20 Å². The molecule has 0 aliphatic carbocycles. The lowest BCUT2D eigenvalue weighted by Gasteiger charge is -2.09. The molecule has 0 aromatic carbocycles. The van der Waals surface area contributed by atoms with Gasteiger partial charge in [-0.3, -0.25) is 10.00 Å². The first-order valence-electron chi connectivity index (χ1n) is 6.28. The van der Waals surface area contributed by atoms with Crippen molar-refractivity contribution in [3.63, 3.8) is 0 Å². The minimum absolute atomic E-state index is 0.0363. The standard InChI is InChI=1S/C12H19N3O2/c1-2-3-4-5-6-11-9-15(12(16)17-11)10-7-13-14-8-10/h7-8,11H,2-6,9H2,1H3,(H,13,14). The number of ether oxygens (including phenoxy) is 1. The molecular weight excluding hydrogens is 218 g/mol. The maximum absolute atomic E-state index is 11.6. The molecule has 17 heavy (non-hydrogen) atoms. The summed E-state index contributed by atoms with van der Waals surface area (Å²) in [7, 11) is 0. The number of cyclic esters (lactones) is 1. The topological polar surface area (TPSA) is 58.2 Å². The Bertz CT molecular complexity index is 351. The summed E-state index contributed by atoms with van der Waals surface area (Å²) in [6, 6.07) is 0. The molecule has 1 aromatic rings. The zero-order valence-corrected chi connectivity index (χ0v) is 10.2. The highest BCUT2D eigenvalue weighted by molar-refractivity contribution is 5.89. The van der Waals surface area contributed by atoms with Crippen molar-refractivity contribution in [3.8, 4) is 0 Å². The summed E-state index contributed by atoms with van der Waals surface area (Å²) >= 11 is 0. The predicted molar refractivity (Wildman–Crippen MR) is 65.0 cm³/mol. The largest absolute Gasteiger partial charge is 0.444 e. The molecule has 2 rings (SSSR count). The summed E-state index contributed by atoms with van der Waals surface area (Å²) in [5.41, 5.74) is 0.783. The zero-order valence-electron chi connectivity index (χ0n) is 10.2. The van der Waals surface area contributed by atoms with Crippen LogP contribution in [-0.2, 0) is 4.74 Å². The van der Waals surface area contributed by atoms with E-state index < -0.39 is 0 Å². The van der Waals surface area contributed by atoms with E-state index in [2.05, 4.69) is 17.1 Å². The molecule has 1 amide bonds. The molecule has 0 radical (unpaired) electrons. The molecule has 5 nitrogen and oxygen atoms in total. The van der Waals surface area contributed by atoms with Crippen LogP contribution in [-0.4, -0.2) is 28.9 Å². The quantitative estimate of drug-likeness (QED) is 0.774. The lowest BCUT2D eigenvalue weighted by molar-refractivity contribution is 0.135. The fourth-order valence-electron chi connectivity index (χ4n) is 2.07. The van der Waals surface area contributed by atoms with E-state index in [1.165, 1.54) is 19.3 Å². The van der Waals surface area contributed by atoms with Gasteiger partial charge >= 0.3 is 6.09 Å². The first-order valence-corrected chi connectivity index (χ1v) is 6.28. The van der Waals surface area contributed by atoms with Crippen LogP contribution in [0.5, 0.6) is 0 Å². The van der Waals surface area contributed by atoms with Gasteiger partial charge in [-0.2, -0.15) is 5.10 Å². The number of aromatic nitrogens is 2. The predicted octanol–water partition coefficient (Wildman–Crippen LogP) is 2.71. The van der Waals surface area contributed by atoms with Crippen LogP contribution in [0.4, 0.5) is 10.5 Å². The van der Waals surface area contributed by atoms with Crippen molar-refractivity contribution in [1.29, 1.82) is 0 Å². The third-order valence-corrected chi connectivity index (χ3v) is 3.05. The smallest absolute Gasteiger partial charge is 0.414 e. The zero-order chi connectivity index (χ0) is 12.1. The molecule has 1 N–H and O–H groups in total. The number of nitrogens with one attached hydrogen (secondary N) is 1. The Morgan fingerprint density at radius 2 is 2.41 bits per heavy atom. The molecule has 94 valence electrons. The summed E-state index contributed by atoms with van der Waals surface area (Å²) in [5, 5.41) is 6.54. The Hall–Kier alpha value is -1.52. The number of hydrogen-bond donors (Lipinski definition) is 1. The van der Waals surface area contributed by atoms with Crippen molar-refractivity contribution in [3.05, 3.63) is 12.4 Å². The van der Waals surface area contributed by atoms with E-state index >= 15 is 0 Å². The fraction of sp³-hybridized carbons (Fsp3) is 0.667. The number of H-pyrrole nitrogens is 1. The number of nitrogens with zero attached hydrogens (tertiary/aromatic N) is 2. The lowest BCUT2D eigenvalue weighted by Crippen LogP contribution is -2.23. The molecule has 5 heteroatoms. The Morgan fingerprint density at radius 3 is 3.12 bits per heavy atom. The molecule has 1 aliphatic rings. The molecule has 0 spiro atoms. The maximum atomic E-state index is 11.6. The van der Waals surface area contributed by atoms with Gasteiger partial charge in [0.1, 0.15) is 6.10 Å². The van der Waals surface area contributed by atoms with Crippen LogP contribution in [0.2, 0.25) is 0 Å². The van der Waals surface area contributed by atoms with Gasteiger partial charge in [0.05, 0.1) is 18.4 Å². The van der Waals surface area contributed by atoms with Crippen LogP contribution in [0.25, 0.3) is 0 Å². The van der Waals surface area contributed by atoms with Gasteiger partial charge in [0.25, 0.3) is 0 Å². The van der Waals surface area contributed by atoms with Gasteiger partial charge < -0.3 is 4.74 Å². The molecule has 1 saturated heterocycles. The number of unbranched alkanes of at least 4 members (excludes halogenated alkanes) is 3. The first-order chi connectivity index (χ1) is 8.31. The molecule has 1 aromatic heterocycles. The number of anilines is 1. The second-order valence-corrected chi connectivity index (χ2v) is 4.42. The van der Waals surface area contributed by atoms with Crippen molar-refractivity contribution in [2.45, 2.75) is 45.1 Å². The summed E-state index contributed by atoms with van der Waals surface area (Å²) in [6.45, 7) is 2.83. The average molecular weight is 237 g/mol. The summed E-state index contributed by atoms with van der Waals surface area (Å²) in [5.74, 6) is 0. The number of amides is 1. The van der Waals surface area contributed by atoms with Gasteiger partial charge in [0.2, 0.25) is 0 Å². The molecular formula is C12H19N3O2. The highest BCUT2D eigenvalue weighted by Gasteiger charge is 2.32. The third-order valence-electron chi connectivity index (χ3n) is 3.05. The van der Waals surface area contributed by atoms with Gasteiger partial charge in [-0.05, 0) is 12.8 Å². The maximum Gasteiger partial charge on any atom is 0.414 e. The van der Waals surface area contributed by atoms with E-state index in [-0.39, 0.29) is 12.2 Å². The Kier molecular flexibility index (Phi) is 4.01. The van der Waals surface area contributed by atoms with Gasteiger partial charge in [-0.25, -0.2) is 4.79 Å². The Balaban J connectivity index is 1.79. The minimum atomic E-state index is -0.258. The summed E-state index contributed by atoms with van der Waals surface area (Å²) in [6.07, 6.45) is 8.92. The highest BCUT2D eigenvalue weighted by Crippen LogP contribution is 2.22. The monoisotopic (exact) mass is 237 g/mol. The van der Waals surface area contributed by atoms with Crippen molar-refractivity contribution in [2.75, 3.05) is 11.4 Å². The average Bonchev–Trinajstić information content (AvgIpc) is 2.93.